The number of hydrogen-bond acceptors (Lipinski definition) is 12. The van der Waals surface area contributed by atoms with Crippen molar-refractivity contribution in [3.05, 3.63) is 24.3 Å². The van der Waals surface area contributed by atoms with E-state index in [1.165, 1.54) is 0 Å². The van der Waals surface area contributed by atoms with Crippen LogP contribution in [0.5, 0.6) is 0 Å². The summed E-state index contributed by atoms with van der Waals surface area (Å²) < 4.78 is 10.6. The number of carbonyl (C=O) groups is 10. The Morgan fingerprint density at radius 2 is 1.08 bits per heavy atom. The topological polar surface area (TPSA) is 220 Å². The molecule has 2 N–H and O–H groups in total. The molecule has 0 aromatic carbocycles. The number of nitrogens with zero attached hydrogens (tertiary/aromatic N) is 2. The van der Waals surface area contributed by atoms with E-state index in [0.29, 0.717) is 0 Å². The lowest BCUT2D eigenvalue weighted by atomic mass is 9.87. The Balaban J connectivity index is 2.24. The molecular formula is C36H50N4O12. The summed E-state index contributed by atoms with van der Waals surface area (Å²) in [7, 11) is 0. The van der Waals surface area contributed by atoms with E-state index in [4.69, 9.17) is 9.47 Å². The summed E-state index contributed by atoms with van der Waals surface area (Å²) in [5.74, 6) is -7.64. The van der Waals surface area contributed by atoms with Gasteiger partial charge in [0.05, 0.1) is 12.0 Å². The molecule has 0 saturated heterocycles. The first-order valence-corrected chi connectivity index (χ1v) is 17.3. The third kappa shape index (κ3) is 15.5. The van der Waals surface area contributed by atoms with Crippen molar-refractivity contribution in [3.8, 4) is 0 Å². The Labute approximate surface area is 303 Å². The zero-order valence-corrected chi connectivity index (χ0v) is 30.7. The summed E-state index contributed by atoms with van der Waals surface area (Å²) in [6.45, 7) is 9.67. The minimum atomic E-state index is -1.55. The van der Waals surface area contributed by atoms with Crippen LogP contribution in [0.4, 0.5) is 0 Å². The van der Waals surface area contributed by atoms with Gasteiger partial charge in [0.1, 0.15) is 17.0 Å². The van der Waals surface area contributed by atoms with E-state index >= 15 is 0 Å². The van der Waals surface area contributed by atoms with E-state index in [1.807, 2.05) is 0 Å². The lowest BCUT2D eigenvalue weighted by Gasteiger charge is -2.27. The van der Waals surface area contributed by atoms with Gasteiger partial charge >= 0.3 is 11.9 Å². The van der Waals surface area contributed by atoms with Crippen molar-refractivity contribution in [3.63, 3.8) is 0 Å². The Morgan fingerprint density at radius 3 is 1.56 bits per heavy atom. The fraction of sp³-hybridized carbons (Fsp3) is 0.611. The SMILES string of the molecule is CC(C)(C)OC(=O)CCCCC(=O)[C@@H](NC(=O)CCN1C(=O)C=CC1=O)[C@@H](CC(=O)CCN1C(=O)C=CC1=O)C(=O)NCCCC(=O)OC(C)(C)C. The fourth-order valence-corrected chi connectivity index (χ4v) is 5.20. The molecule has 16 nitrogen and oxygen atoms in total. The van der Waals surface area contributed by atoms with Crippen molar-refractivity contribution in [1.29, 1.82) is 0 Å². The first-order valence-electron chi connectivity index (χ1n) is 17.3. The number of unbranched alkanes of at least 4 members (excludes halogenated alkanes) is 1. The number of rotatable bonds is 21. The van der Waals surface area contributed by atoms with Crippen molar-refractivity contribution in [2.75, 3.05) is 19.6 Å². The maximum Gasteiger partial charge on any atom is 0.306 e. The van der Waals surface area contributed by atoms with Crippen molar-refractivity contribution in [2.45, 2.75) is 117 Å². The molecule has 0 radical (unpaired) electrons. The van der Waals surface area contributed by atoms with Crippen molar-refractivity contribution < 1.29 is 57.4 Å². The molecule has 0 saturated carbocycles. The van der Waals surface area contributed by atoms with Crippen molar-refractivity contribution in [2.24, 2.45) is 5.92 Å². The van der Waals surface area contributed by atoms with Gasteiger partial charge in [-0.1, -0.05) is 0 Å². The number of nitrogens with one attached hydrogen (secondary N) is 2. The molecule has 0 fully saturated rings. The van der Waals surface area contributed by atoms with Crippen LogP contribution in [-0.4, -0.2) is 106 Å². The number of carbonyl (C=O) groups excluding carboxylic acids is 10. The van der Waals surface area contributed by atoms with Gasteiger partial charge in [0.2, 0.25) is 11.8 Å². The summed E-state index contributed by atoms with van der Waals surface area (Å²) in [5.41, 5.74) is -1.41. The zero-order chi connectivity index (χ0) is 39.2. The molecule has 0 spiro atoms. The molecule has 16 heteroatoms. The van der Waals surface area contributed by atoms with Crippen molar-refractivity contribution in [1.82, 2.24) is 20.4 Å². The number of esters is 2. The predicted octanol–water partition coefficient (Wildman–Crippen LogP) is 1.39. The van der Waals surface area contributed by atoms with Crippen molar-refractivity contribution >= 4 is 58.9 Å². The van der Waals surface area contributed by atoms with Crippen LogP contribution in [0.1, 0.15) is 99.3 Å². The highest BCUT2D eigenvalue weighted by atomic mass is 16.6. The Hall–Kier alpha value is -5.02. The Kier molecular flexibility index (Phi) is 16.2. The van der Waals surface area contributed by atoms with Crippen LogP contribution in [-0.2, 0) is 57.4 Å². The van der Waals surface area contributed by atoms with Gasteiger partial charge in [-0.15, -0.1) is 0 Å². The zero-order valence-electron chi connectivity index (χ0n) is 30.7. The lowest BCUT2D eigenvalue weighted by molar-refractivity contribution is -0.156. The molecule has 0 aromatic heterocycles. The minimum absolute atomic E-state index is 0.0103. The van der Waals surface area contributed by atoms with Crippen LogP contribution in [0.3, 0.4) is 0 Å². The molecule has 0 aromatic rings. The summed E-state index contributed by atoms with van der Waals surface area (Å²) in [6.07, 6.45) is 3.29. The molecule has 2 atom stereocenters. The van der Waals surface area contributed by atoms with Crippen LogP contribution in [0, 0.1) is 5.92 Å². The van der Waals surface area contributed by atoms with Gasteiger partial charge in [0, 0.05) is 82.5 Å². The fourth-order valence-electron chi connectivity index (χ4n) is 5.20. The maximum absolute atomic E-state index is 13.7. The molecule has 0 bridgehead atoms. The van der Waals surface area contributed by atoms with E-state index in [9.17, 15) is 47.9 Å². The van der Waals surface area contributed by atoms with Gasteiger partial charge in [-0.2, -0.15) is 0 Å². The Morgan fingerprint density at radius 1 is 0.635 bits per heavy atom. The van der Waals surface area contributed by atoms with Gasteiger partial charge in [0.15, 0.2) is 5.78 Å². The average Bonchev–Trinajstić information content (AvgIpc) is 3.52. The summed E-state index contributed by atoms with van der Waals surface area (Å²) in [5, 5.41) is 5.14. The highest BCUT2D eigenvalue weighted by Gasteiger charge is 2.37. The first-order chi connectivity index (χ1) is 24.2. The summed E-state index contributed by atoms with van der Waals surface area (Å²) >= 11 is 0. The molecule has 2 aliphatic heterocycles. The molecule has 2 heterocycles. The van der Waals surface area contributed by atoms with E-state index in [0.717, 1.165) is 34.1 Å². The number of ether oxygens (including phenoxy) is 2. The Bertz CT molecular complexity index is 1340. The molecule has 6 amide bonds. The quantitative estimate of drug-likeness (QED) is 0.0972. The number of imide groups is 2. The predicted molar refractivity (Wildman–Crippen MR) is 183 cm³/mol. The third-order valence-electron chi connectivity index (χ3n) is 7.58. The van der Waals surface area contributed by atoms with Gasteiger partial charge in [0.25, 0.3) is 23.6 Å². The second-order valence-corrected chi connectivity index (χ2v) is 14.5. The van der Waals surface area contributed by atoms with E-state index in [-0.39, 0.29) is 64.6 Å². The molecule has 286 valence electrons. The molecule has 2 rings (SSSR count). The van der Waals surface area contributed by atoms with Crippen LogP contribution >= 0.6 is 0 Å². The van der Waals surface area contributed by atoms with Gasteiger partial charge in [-0.3, -0.25) is 57.7 Å². The second kappa shape index (κ2) is 19.6. The molecule has 52 heavy (non-hydrogen) atoms. The van der Waals surface area contributed by atoms with Crippen LogP contribution in [0.15, 0.2) is 24.3 Å². The standard InChI is InChI=1S/C36H50N4O12/c1-35(2,3)51-31(48)11-8-7-10-25(42)33(38-26(43)18-21-40-29(46)15-16-30(40)47)24(22-23(41)17-20-39-27(44)13-14-28(39)45)34(50)37-19-9-12-32(49)52-36(4,5)6/h13-16,24,33H,7-12,17-22H2,1-6H3,(H,37,50)(H,38,43)/t24-,33+/m1/s1. The van der Waals surface area contributed by atoms with E-state index in [2.05, 4.69) is 10.6 Å². The average molecular weight is 731 g/mol. The van der Waals surface area contributed by atoms with Gasteiger partial charge < -0.3 is 20.1 Å². The number of amides is 6. The lowest BCUT2D eigenvalue weighted by Crippen LogP contribution is -2.52. The smallest absolute Gasteiger partial charge is 0.306 e. The highest BCUT2D eigenvalue weighted by molar-refractivity contribution is 6.13. The first kappa shape index (κ1) is 43.1. The van der Waals surface area contributed by atoms with Gasteiger partial charge in [-0.05, 0) is 60.8 Å². The van der Waals surface area contributed by atoms with E-state index < -0.39 is 95.0 Å². The number of Topliss-reactive ketones (excluding diaryl/α,β-unsaturated/α-hetero) is 2. The molecule has 0 unspecified atom stereocenters. The molecule has 0 aliphatic carbocycles. The highest BCUT2D eigenvalue weighted by Crippen LogP contribution is 2.19. The summed E-state index contributed by atoms with van der Waals surface area (Å²) in [4.78, 5) is 128. The monoisotopic (exact) mass is 730 g/mol. The minimum Gasteiger partial charge on any atom is -0.460 e. The van der Waals surface area contributed by atoms with Gasteiger partial charge in [-0.25, -0.2) is 0 Å². The second-order valence-electron chi connectivity index (χ2n) is 14.5. The number of hydrogen-bond donors (Lipinski definition) is 2. The number of ketones is 2. The largest absolute Gasteiger partial charge is 0.460 e. The van der Waals surface area contributed by atoms with Crippen LogP contribution < -0.4 is 10.6 Å². The third-order valence-corrected chi connectivity index (χ3v) is 7.58. The van der Waals surface area contributed by atoms with Crippen LogP contribution in [0.2, 0.25) is 0 Å². The molecule has 2 aliphatic rings. The molecular weight excluding hydrogens is 680 g/mol. The van der Waals surface area contributed by atoms with Crippen LogP contribution in [0.25, 0.3) is 0 Å². The van der Waals surface area contributed by atoms with E-state index in [1.54, 1.807) is 41.5 Å². The summed E-state index contributed by atoms with van der Waals surface area (Å²) in [6, 6.07) is -1.55. The maximum atomic E-state index is 13.7. The normalized spacial score (nSPS) is 15.5.